The molecule has 0 unspecified atom stereocenters. The Bertz CT molecular complexity index is 760. The maximum atomic E-state index is 11.7. The van der Waals surface area contributed by atoms with E-state index in [4.69, 9.17) is 0 Å². The third kappa shape index (κ3) is 3.99. The lowest BCUT2D eigenvalue weighted by atomic mass is 10.2. The first kappa shape index (κ1) is 16.3. The fraction of sp³-hybridized carbons (Fsp3) is 0.385. The van der Waals surface area contributed by atoms with Crippen molar-refractivity contribution in [2.24, 2.45) is 12.1 Å². The van der Waals surface area contributed by atoms with Gasteiger partial charge in [-0.3, -0.25) is 9.48 Å². The minimum atomic E-state index is -0.584. The van der Waals surface area contributed by atoms with E-state index in [1.54, 1.807) is 10.9 Å². The Morgan fingerprint density at radius 3 is 2.78 bits per heavy atom. The molecule has 0 atom stereocenters. The number of rotatable bonds is 6. The third-order valence-corrected chi connectivity index (χ3v) is 3.33. The SMILES string of the molecule is Cc1nn(C)c(C)c1/C=N\NC(=O)CCn1ccc([N+](=O)[O-])n1. The highest BCUT2D eigenvalue weighted by Gasteiger charge is 2.11. The van der Waals surface area contributed by atoms with Gasteiger partial charge in [-0.2, -0.15) is 14.9 Å². The van der Waals surface area contributed by atoms with E-state index in [-0.39, 0.29) is 24.7 Å². The summed E-state index contributed by atoms with van der Waals surface area (Å²) in [5.74, 6) is -0.551. The molecule has 1 amide bonds. The highest BCUT2D eigenvalue weighted by molar-refractivity contribution is 5.84. The number of hydrazone groups is 1. The fourth-order valence-electron chi connectivity index (χ4n) is 1.99. The van der Waals surface area contributed by atoms with Crippen molar-refractivity contribution in [1.29, 1.82) is 0 Å². The summed E-state index contributed by atoms with van der Waals surface area (Å²) in [4.78, 5) is 21.6. The van der Waals surface area contributed by atoms with Crippen LogP contribution >= 0.6 is 0 Å². The lowest BCUT2D eigenvalue weighted by Gasteiger charge is -1.98. The summed E-state index contributed by atoms with van der Waals surface area (Å²) in [6.45, 7) is 4.01. The van der Waals surface area contributed by atoms with Gasteiger partial charge in [0.2, 0.25) is 5.91 Å². The first-order chi connectivity index (χ1) is 10.9. The van der Waals surface area contributed by atoms with Crippen LogP contribution in [0.25, 0.3) is 0 Å². The molecule has 0 saturated carbocycles. The zero-order valence-corrected chi connectivity index (χ0v) is 13.1. The summed E-state index contributed by atoms with van der Waals surface area (Å²) in [5, 5.41) is 22.4. The number of nitrogens with one attached hydrogen (secondary N) is 1. The number of aromatic nitrogens is 4. The number of hydrogen-bond donors (Lipinski definition) is 1. The van der Waals surface area contributed by atoms with Gasteiger partial charge >= 0.3 is 5.82 Å². The van der Waals surface area contributed by atoms with Crippen molar-refractivity contribution in [3.8, 4) is 0 Å². The van der Waals surface area contributed by atoms with Crippen LogP contribution in [-0.2, 0) is 18.4 Å². The largest absolute Gasteiger partial charge is 0.389 e. The molecule has 1 N–H and O–H groups in total. The molecular weight excluding hydrogens is 302 g/mol. The first-order valence-corrected chi connectivity index (χ1v) is 6.88. The molecule has 0 fully saturated rings. The molecule has 0 spiro atoms. The molecule has 2 heterocycles. The predicted octanol–water partition coefficient (Wildman–Crippen LogP) is 0.682. The average molecular weight is 319 g/mol. The highest BCUT2D eigenvalue weighted by Crippen LogP contribution is 2.08. The molecule has 2 rings (SSSR count). The van der Waals surface area contributed by atoms with E-state index < -0.39 is 4.92 Å². The molecule has 10 heteroatoms. The second-order valence-electron chi connectivity index (χ2n) is 4.95. The van der Waals surface area contributed by atoms with Crippen molar-refractivity contribution in [3.05, 3.63) is 39.3 Å². The van der Waals surface area contributed by atoms with Crippen LogP contribution in [-0.4, -0.2) is 36.6 Å². The Hall–Kier alpha value is -3.04. The van der Waals surface area contributed by atoms with Crippen LogP contribution in [0.4, 0.5) is 5.82 Å². The number of amides is 1. The lowest BCUT2D eigenvalue weighted by molar-refractivity contribution is -0.389. The van der Waals surface area contributed by atoms with Crippen molar-refractivity contribution in [3.63, 3.8) is 0 Å². The van der Waals surface area contributed by atoms with Gasteiger partial charge in [0.25, 0.3) is 0 Å². The number of aryl methyl sites for hydroxylation is 3. The van der Waals surface area contributed by atoms with Crippen LogP contribution < -0.4 is 5.43 Å². The number of carbonyl (C=O) groups excluding carboxylic acids is 1. The van der Waals surface area contributed by atoms with Crippen molar-refractivity contribution < 1.29 is 9.72 Å². The molecular formula is C13H17N7O3. The highest BCUT2D eigenvalue weighted by atomic mass is 16.6. The van der Waals surface area contributed by atoms with Crippen LogP contribution in [0, 0.1) is 24.0 Å². The zero-order valence-electron chi connectivity index (χ0n) is 13.1. The molecule has 0 aliphatic heterocycles. The van der Waals surface area contributed by atoms with E-state index in [1.165, 1.54) is 16.9 Å². The Balaban J connectivity index is 1.85. The molecule has 2 aromatic heterocycles. The van der Waals surface area contributed by atoms with E-state index in [0.717, 1.165) is 17.0 Å². The fourth-order valence-corrected chi connectivity index (χ4v) is 1.99. The Morgan fingerprint density at radius 1 is 1.48 bits per heavy atom. The molecule has 0 aromatic carbocycles. The molecule has 10 nitrogen and oxygen atoms in total. The maximum absolute atomic E-state index is 11.7. The van der Waals surface area contributed by atoms with Crippen LogP contribution in [0.5, 0.6) is 0 Å². The monoisotopic (exact) mass is 319 g/mol. The first-order valence-electron chi connectivity index (χ1n) is 6.88. The topological polar surface area (TPSA) is 120 Å². The van der Waals surface area contributed by atoms with Gasteiger partial charge < -0.3 is 10.1 Å². The van der Waals surface area contributed by atoms with Gasteiger partial charge in [-0.05, 0) is 18.8 Å². The second kappa shape index (κ2) is 6.81. The van der Waals surface area contributed by atoms with Crippen LogP contribution in [0.3, 0.4) is 0 Å². The summed E-state index contributed by atoms with van der Waals surface area (Å²) < 4.78 is 3.08. The van der Waals surface area contributed by atoms with Gasteiger partial charge in [0.1, 0.15) is 0 Å². The molecule has 0 aliphatic rings. The standard InChI is InChI=1S/C13H17N7O3/c1-9-11(10(2)18(3)16-9)8-14-15-13(21)5-7-19-6-4-12(17-19)20(22)23/h4,6,8H,5,7H2,1-3H3,(H,15,21)/b14-8-. The zero-order chi connectivity index (χ0) is 17.0. The molecule has 0 radical (unpaired) electrons. The van der Waals surface area contributed by atoms with Crippen molar-refractivity contribution in [2.75, 3.05) is 0 Å². The van der Waals surface area contributed by atoms with Gasteiger partial charge in [-0.25, -0.2) is 5.43 Å². The average Bonchev–Trinajstić information content (AvgIpc) is 3.05. The van der Waals surface area contributed by atoms with E-state index in [9.17, 15) is 14.9 Å². The molecule has 23 heavy (non-hydrogen) atoms. The summed E-state index contributed by atoms with van der Waals surface area (Å²) >= 11 is 0. The van der Waals surface area contributed by atoms with E-state index in [2.05, 4.69) is 20.7 Å². The third-order valence-electron chi connectivity index (χ3n) is 3.33. The van der Waals surface area contributed by atoms with Gasteiger partial charge in [0.05, 0.1) is 35.8 Å². The minimum absolute atomic E-state index is 0.112. The van der Waals surface area contributed by atoms with Crippen molar-refractivity contribution >= 4 is 17.9 Å². The van der Waals surface area contributed by atoms with Gasteiger partial charge in [-0.1, -0.05) is 0 Å². The molecule has 0 saturated heterocycles. The molecule has 122 valence electrons. The smallest absolute Gasteiger partial charge is 0.358 e. The number of nitro groups is 1. The van der Waals surface area contributed by atoms with Crippen LogP contribution in [0.15, 0.2) is 17.4 Å². The molecule has 0 aliphatic carbocycles. The van der Waals surface area contributed by atoms with Crippen LogP contribution in [0.1, 0.15) is 23.4 Å². The Kier molecular flexibility index (Phi) is 4.84. The summed E-state index contributed by atoms with van der Waals surface area (Å²) in [7, 11) is 1.83. The van der Waals surface area contributed by atoms with Crippen molar-refractivity contribution in [2.45, 2.75) is 26.8 Å². The van der Waals surface area contributed by atoms with Crippen LogP contribution in [0.2, 0.25) is 0 Å². The van der Waals surface area contributed by atoms with E-state index >= 15 is 0 Å². The number of nitrogens with zero attached hydrogens (tertiary/aromatic N) is 6. The van der Waals surface area contributed by atoms with Crippen molar-refractivity contribution in [1.82, 2.24) is 25.0 Å². The number of carbonyl (C=O) groups is 1. The molecule has 0 bridgehead atoms. The summed E-state index contributed by atoms with van der Waals surface area (Å²) in [5.41, 5.74) is 5.04. The number of hydrogen-bond acceptors (Lipinski definition) is 6. The van der Waals surface area contributed by atoms with Gasteiger partial charge in [0.15, 0.2) is 0 Å². The van der Waals surface area contributed by atoms with E-state index in [1.807, 2.05) is 20.9 Å². The van der Waals surface area contributed by atoms with Gasteiger partial charge in [-0.15, -0.1) is 0 Å². The lowest BCUT2D eigenvalue weighted by Crippen LogP contribution is -2.19. The summed E-state index contributed by atoms with van der Waals surface area (Å²) in [6.07, 6.45) is 3.12. The minimum Gasteiger partial charge on any atom is -0.358 e. The predicted molar refractivity (Wildman–Crippen MR) is 81.9 cm³/mol. The maximum Gasteiger partial charge on any atom is 0.389 e. The molecule has 2 aromatic rings. The Labute approximate surface area is 131 Å². The Morgan fingerprint density at radius 2 is 2.22 bits per heavy atom. The summed E-state index contributed by atoms with van der Waals surface area (Å²) in [6, 6.07) is 1.28. The second-order valence-corrected chi connectivity index (χ2v) is 4.95. The quantitative estimate of drug-likeness (QED) is 0.477. The normalized spacial score (nSPS) is 11.1. The van der Waals surface area contributed by atoms with Gasteiger partial charge in [0, 0.05) is 24.7 Å². The van der Waals surface area contributed by atoms with E-state index in [0.29, 0.717) is 0 Å².